The van der Waals surface area contributed by atoms with Crippen molar-refractivity contribution in [2.24, 2.45) is 0 Å². The lowest BCUT2D eigenvalue weighted by molar-refractivity contribution is -0.122. The Morgan fingerprint density at radius 2 is 1.81 bits per heavy atom. The summed E-state index contributed by atoms with van der Waals surface area (Å²) in [4.78, 5) is 25.4. The minimum Gasteiger partial charge on any atom is -0.494 e. The summed E-state index contributed by atoms with van der Waals surface area (Å²) in [5.74, 6) is 0.656. The number of nitrogens with zero attached hydrogens (tertiary/aromatic N) is 1. The Morgan fingerprint density at radius 1 is 1.19 bits per heavy atom. The molecule has 0 saturated carbocycles. The first-order chi connectivity index (χ1) is 9.92. The molecule has 0 unspecified atom stereocenters. The molecule has 0 radical (unpaired) electrons. The largest absolute Gasteiger partial charge is 0.494 e. The molecule has 0 aliphatic heterocycles. The molecule has 0 fully saturated rings. The van der Waals surface area contributed by atoms with Crippen molar-refractivity contribution in [3.05, 3.63) is 29.8 Å². The Kier molecular flexibility index (Phi) is 6.88. The molecule has 1 amide bonds. The molecule has 0 aromatic heterocycles. The van der Waals surface area contributed by atoms with E-state index in [9.17, 15) is 9.59 Å². The van der Waals surface area contributed by atoms with Gasteiger partial charge in [0.15, 0.2) is 5.78 Å². The van der Waals surface area contributed by atoms with E-state index in [4.69, 9.17) is 4.74 Å². The third-order valence-electron chi connectivity index (χ3n) is 2.76. The van der Waals surface area contributed by atoms with E-state index in [0.29, 0.717) is 12.2 Å². The first-order valence-corrected chi connectivity index (χ1v) is 7.16. The molecule has 0 saturated heterocycles. The topological polar surface area (TPSA) is 58.6 Å². The Morgan fingerprint density at radius 3 is 2.33 bits per heavy atom. The summed E-state index contributed by atoms with van der Waals surface area (Å²) in [5, 5.41) is 2.80. The second-order valence-electron chi connectivity index (χ2n) is 5.28. The third kappa shape index (κ3) is 6.40. The lowest BCUT2D eigenvalue weighted by Crippen LogP contribution is -2.40. The minimum absolute atomic E-state index is 0.0158. The molecule has 0 heterocycles. The number of ether oxygens (including phenoxy) is 1. The maximum atomic E-state index is 12.1. The highest BCUT2D eigenvalue weighted by Gasteiger charge is 2.13. The van der Waals surface area contributed by atoms with Gasteiger partial charge < -0.3 is 10.1 Å². The summed E-state index contributed by atoms with van der Waals surface area (Å²) >= 11 is 0. The fourth-order valence-electron chi connectivity index (χ4n) is 1.91. The number of benzene rings is 1. The fraction of sp³-hybridized carbons (Fsp3) is 0.500. The number of carbonyl (C=O) groups excluding carboxylic acids is 2. The van der Waals surface area contributed by atoms with Crippen LogP contribution >= 0.6 is 0 Å². The van der Waals surface area contributed by atoms with Gasteiger partial charge in [-0.3, -0.25) is 14.5 Å². The molecule has 0 atom stereocenters. The van der Waals surface area contributed by atoms with Crippen molar-refractivity contribution in [2.45, 2.75) is 26.8 Å². The molecule has 0 aliphatic carbocycles. The van der Waals surface area contributed by atoms with Crippen LogP contribution in [0.2, 0.25) is 0 Å². The second kappa shape index (κ2) is 8.42. The SMILES string of the molecule is CCOc1ccc(C(=O)CN(C)CC(=O)NC(C)C)cc1. The van der Waals surface area contributed by atoms with Gasteiger partial charge in [-0.1, -0.05) is 0 Å². The first kappa shape index (κ1) is 17.2. The Bertz CT molecular complexity index is 469. The molecular weight excluding hydrogens is 268 g/mol. The molecule has 5 nitrogen and oxygen atoms in total. The molecule has 0 spiro atoms. The summed E-state index contributed by atoms with van der Waals surface area (Å²) in [7, 11) is 1.76. The number of Topliss-reactive ketones (excluding diaryl/α,β-unsaturated/α-hetero) is 1. The molecule has 1 rings (SSSR count). The van der Waals surface area contributed by atoms with Crippen LogP contribution in [0.3, 0.4) is 0 Å². The Labute approximate surface area is 126 Å². The van der Waals surface area contributed by atoms with E-state index in [0.717, 1.165) is 5.75 Å². The lowest BCUT2D eigenvalue weighted by Gasteiger charge is -2.16. The number of hydrogen-bond acceptors (Lipinski definition) is 4. The normalized spacial score (nSPS) is 10.8. The van der Waals surface area contributed by atoms with Crippen molar-refractivity contribution in [3.63, 3.8) is 0 Å². The smallest absolute Gasteiger partial charge is 0.234 e. The molecule has 1 aromatic rings. The molecule has 21 heavy (non-hydrogen) atoms. The molecule has 5 heteroatoms. The molecule has 1 N–H and O–H groups in total. The fourth-order valence-corrected chi connectivity index (χ4v) is 1.91. The van der Waals surface area contributed by atoms with E-state index in [-0.39, 0.29) is 30.8 Å². The van der Waals surface area contributed by atoms with E-state index in [2.05, 4.69) is 5.32 Å². The number of likely N-dealkylation sites (N-methyl/N-ethyl adjacent to an activating group) is 1. The van der Waals surface area contributed by atoms with Gasteiger partial charge in [0.1, 0.15) is 5.75 Å². The van der Waals surface area contributed by atoms with Gasteiger partial charge in [0, 0.05) is 11.6 Å². The number of ketones is 1. The molecular formula is C16H24N2O3. The van der Waals surface area contributed by atoms with Gasteiger partial charge in [0.25, 0.3) is 0 Å². The summed E-state index contributed by atoms with van der Waals surface area (Å²) in [5.41, 5.74) is 0.620. The van der Waals surface area contributed by atoms with E-state index < -0.39 is 0 Å². The van der Waals surface area contributed by atoms with Gasteiger partial charge >= 0.3 is 0 Å². The maximum Gasteiger partial charge on any atom is 0.234 e. The summed E-state index contributed by atoms with van der Waals surface area (Å²) < 4.78 is 5.34. The van der Waals surface area contributed by atoms with Crippen molar-refractivity contribution >= 4 is 11.7 Å². The molecule has 116 valence electrons. The van der Waals surface area contributed by atoms with Gasteiger partial charge in [-0.2, -0.15) is 0 Å². The highest BCUT2D eigenvalue weighted by atomic mass is 16.5. The van der Waals surface area contributed by atoms with Crippen LogP contribution in [0, 0.1) is 0 Å². The Balaban J connectivity index is 2.50. The molecule has 1 aromatic carbocycles. The lowest BCUT2D eigenvalue weighted by atomic mass is 10.1. The molecule has 0 aliphatic rings. The zero-order valence-electron chi connectivity index (χ0n) is 13.2. The zero-order valence-corrected chi connectivity index (χ0v) is 13.2. The molecule has 0 bridgehead atoms. The standard InChI is InChI=1S/C16H24N2O3/c1-5-21-14-8-6-13(7-9-14)15(19)10-18(4)11-16(20)17-12(2)3/h6-9,12H,5,10-11H2,1-4H3,(H,17,20). The van der Waals surface area contributed by atoms with Crippen molar-refractivity contribution < 1.29 is 14.3 Å². The number of hydrogen-bond donors (Lipinski definition) is 1. The first-order valence-electron chi connectivity index (χ1n) is 7.16. The average molecular weight is 292 g/mol. The minimum atomic E-state index is -0.0769. The number of nitrogens with one attached hydrogen (secondary N) is 1. The van der Waals surface area contributed by atoms with Gasteiger partial charge in [-0.05, 0) is 52.1 Å². The van der Waals surface area contributed by atoms with Gasteiger partial charge in [0.2, 0.25) is 5.91 Å². The average Bonchev–Trinajstić information content (AvgIpc) is 2.38. The van der Waals surface area contributed by atoms with Crippen LogP contribution in [0.1, 0.15) is 31.1 Å². The Hall–Kier alpha value is -1.88. The van der Waals surface area contributed by atoms with Crippen LogP contribution in [-0.4, -0.2) is 49.4 Å². The van der Waals surface area contributed by atoms with Crippen LogP contribution in [0.5, 0.6) is 5.75 Å². The van der Waals surface area contributed by atoms with E-state index in [1.165, 1.54) is 0 Å². The predicted octanol–water partition coefficient (Wildman–Crippen LogP) is 1.72. The van der Waals surface area contributed by atoms with Crippen molar-refractivity contribution in [2.75, 3.05) is 26.7 Å². The van der Waals surface area contributed by atoms with Gasteiger partial charge in [-0.15, -0.1) is 0 Å². The van der Waals surface area contributed by atoms with Gasteiger partial charge in [-0.25, -0.2) is 0 Å². The zero-order chi connectivity index (χ0) is 15.8. The quantitative estimate of drug-likeness (QED) is 0.741. The van der Waals surface area contributed by atoms with Crippen LogP contribution in [0.15, 0.2) is 24.3 Å². The van der Waals surface area contributed by atoms with Crippen LogP contribution in [-0.2, 0) is 4.79 Å². The van der Waals surface area contributed by atoms with Crippen molar-refractivity contribution in [1.29, 1.82) is 0 Å². The van der Waals surface area contributed by atoms with E-state index >= 15 is 0 Å². The van der Waals surface area contributed by atoms with E-state index in [1.54, 1.807) is 36.2 Å². The predicted molar refractivity (Wildman–Crippen MR) is 82.7 cm³/mol. The highest BCUT2D eigenvalue weighted by Crippen LogP contribution is 2.12. The summed E-state index contributed by atoms with van der Waals surface area (Å²) in [6.07, 6.45) is 0. The van der Waals surface area contributed by atoms with Crippen LogP contribution in [0.4, 0.5) is 0 Å². The van der Waals surface area contributed by atoms with E-state index in [1.807, 2.05) is 20.8 Å². The monoisotopic (exact) mass is 292 g/mol. The van der Waals surface area contributed by atoms with Crippen molar-refractivity contribution in [1.82, 2.24) is 10.2 Å². The van der Waals surface area contributed by atoms with Crippen LogP contribution < -0.4 is 10.1 Å². The second-order valence-corrected chi connectivity index (χ2v) is 5.28. The van der Waals surface area contributed by atoms with Crippen molar-refractivity contribution in [3.8, 4) is 5.75 Å². The number of carbonyl (C=O) groups is 2. The van der Waals surface area contributed by atoms with Gasteiger partial charge in [0.05, 0.1) is 19.7 Å². The number of rotatable bonds is 8. The third-order valence-corrected chi connectivity index (χ3v) is 2.76. The summed E-state index contributed by atoms with van der Waals surface area (Å²) in [6, 6.07) is 7.16. The maximum absolute atomic E-state index is 12.1. The number of amides is 1. The highest BCUT2D eigenvalue weighted by molar-refractivity contribution is 5.97. The summed E-state index contributed by atoms with van der Waals surface area (Å²) in [6.45, 7) is 6.74. The van der Waals surface area contributed by atoms with Crippen LogP contribution in [0.25, 0.3) is 0 Å².